The Morgan fingerprint density at radius 1 is 0.838 bits per heavy atom. The fraction of sp³-hybridized carbons (Fsp3) is 0.963. The molecule has 37 heavy (non-hydrogen) atoms. The number of likely N-dealkylation sites (N-methyl/N-ethyl adjacent to an activating group) is 1. The number of unbranched alkanes of at least 4 members (excludes halogenated alkanes) is 8. The first-order valence-corrected chi connectivity index (χ1v) is 15.7. The summed E-state index contributed by atoms with van der Waals surface area (Å²) in [6, 6.07) is 0. The second-order valence-corrected chi connectivity index (χ2v) is 11.8. The van der Waals surface area contributed by atoms with E-state index in [9.17, 15) is 17.8 Å². The molecule has 0 amide bonds. The average Bonchev–Trinajstić information content (AvgIpc) is 2.79. The van der Waals surface area contributed by atoms with Gasteiger partial charge < -0.3 is 23.2 Å². The molecule has 0 saturated heterocycles. The summed E-state index contributed by atoms with van der Waals surface area (Å²) in [7, 11) is -2.24. The molecule has 0 aliphatic rings. The van der Waals surface area contributed by atoms with Crippen LogP contribution in [0.4, 0.5) is 0 Å². The minimum absolute atomic E-state index is 0. The Labute approximate surface area is 250 Å². The molecular weight excluding hydrogens is 505 g/mol. The molecule has 0 N–H and O–H groups in total. The molecule has 8 nitrogen and oxygen atoms in total. The summed E-state index contributed by atoms with van der Waals surface area (Å²) in [5.74, 6) is -0.484. The maximum Gasteiger partial charge on any atom is 1.00 e. The first kappa shape index (κ1) is 39.6. The first-order chi connectivity index (χ1) is 17.0. The minimum Gasteiger partial charge on any atom is -0.746 e. The third-order valence-electron chi connectivity index (χ3n) is 6.49. The van der Waals surface area contributed by atoms with Crippen LogP contribution in [-0.4, -0.2) is 87.9 Å². The van der Waals surface area contributed by atoms with Crippen LogP contribution in [0.5, 0.6) is 0 Å². The number of carbonyl (C=O) groups is 1. The van der Waals surface area contributed by atoms with Crippen molar-refractivity contribution >= 4 is 15.9 Å². The van der Waals surface area contributed by atoms with Crippen molar-refractivity contribution < 1.29 is 66.0 Å². The number of hydrogen-bond donors (Lipinski definition) is 0. The predicted octanol–water partition coefficient (Wildman–Crippen LogP) is 2.06. The van der Waals surface area contributed by atoms with Gasteiger partial charge in [0.25, 0.3) is 0 Å². The van der Waals surface area contributed by atoms with Crippen LogP contribution in [0.3, 0.4) is 0 Å². The molecule has 0 aromatic carbocycles. The normalized spacial score (nSPS) is 15.1. The fourth-order valence-electron chi connectivity index (χ4n) is 4.45. The van der Waals surface area contributed by atoms with Crippen molar-refractivity contribution in [1.82, 2.24) is 0 Å². The molecule has 0 rings (SSSR count). The van der Waals surface area contributed by atoms with Gasteiger partial charge >= 0.3 is 29.6 Å². The molecule has 0 aliphatic heterocycles. The molecule has 0 bridgehead atoms. The molecule has 10 heteroatoms. The third kappa shape index (κ3) is 26.4. The van der Waals surface area contributed by atoms with Crippen LogP contribution in [0.2, 0.25) is 0 Å². The molecule has 0 saturated carbocycles. The van der Waals surface area contributed by atoms with Crippen molar-refractivity contribution in [3.63, 3.8) is 0 Å². The van der Waals surface area contributed by atoms with Crippen molar-refractivity contribution in [1.29, 1.82) is 0 Å². The van der Waals surface area contributed by atoms with E-state index in [1.165, 1.54) is 44.9 Å². The SMILES string of the molecule is CCCCCCCCCCCC(=O)CCC[N+](C)(CCOCC(C)OCS(=O)(=O)[O-])CC(C)OCC.[Na+]. The number of ether oxygens (including phenoxy) is 3. The summed E-state index contributed by atoms with van der Waals surface area (Å²) in [5.41, 5.74) is 0. The van der Waals surface area contributed by atoms with Gasteiger partial charge in [-0.1, -0.05) is 58.3 Å². The molecule has 3 unspecified atom stereocenters. The second-order valence-electron chi connectivity index (χ2n) is 10.5. The van der Waals surface area contributed by atoms with Gasteiger partial charge in [0.2, 0.25) is 0 Å². The summed E-state index contributed by atoms with van der Waals surface area (Å²) in [6.45, 7) is 11.7. The maximum absolute atomic E-state index is 12.4. The monoisotopic (exact) mass is 560 g/mol. The largest absolute Gasteiger partial charge is 1.00 e. The van der Waals surface area contributed by atoms with Gasteiger partial charge in [-0.3, -0.25) is 4.79 Å². The van der Waals surface area contributed by atoms with Crippen molar-refractivity contribution in [2.45, 2.75) is 117 Å². The van der Waals surface area contributed by atoms with E-state index in [0.717, 1.165) is 43.4 Å². The van der Waals surface area contributed by atoms with Gasteiger partial charge in [-0.25, -0.2) is 8.42 Å². The maximum atomic E-state index is 12.4. The summed E-state index contributed by atoms with van der Waals surface area (Å²) >= 11 is 0. The van der Waals surface area contributed by atoms with Crippen LogP contribution < -0.4 is 29.6 Å². The number of nitrogens with zero attached hydrogens (tertiary/aromatic N) is 1. The van der Waals surface area contributed by atoms with Crippen molar-refractivity contribution in [2.24, 2.45) is 0 Å². The van der Waals surface area contributed by atoms with Crippen LogP contribution in [-0.2, 0) is 29.1 Å². The zero-order valence-electron chi connectivity index (χ0n) is 24.8. The Morgan fingerprint density at radius 2 is 1.41 bits per heavy atom. The Kier molecular flexibility index (Phi) is 25.9. The molecule has 0 radical (unpaired) electrons. The van der Waals surface area contributed by atoms with E-state index < -0.39 is 22.2 Å². The molecule has 0 heterocycles. The molecule has 0 fully saturated rings. The number of quaternary nitrogens is 1. The molecular formula is C27H55NNaO7S+. The number of hydrogen-bond acceptors (Lipinski definition) is 7. The third-order valence-corrected chi connectivity index (χ3v) is 6.91. The fourth-order valence-corrected chi connectivity index (χ4v) is 4.85. The second kappa shape index (κ2) is 24.2. The molecule has 216 valence electrons. The topological polar surface area (TPSA) is 102 Å². The summed E-state index contributed by atoms with van der Waals surface area (Å²) < 4.78 is 49.2. The first-order valence-electron chi connectivity index (χ1n) is 14.1. The summed E-state index contributed by atoms with van der Waals surface area (Å²) in [5, 5.41) is 0. The summed E-state index contributed by atoms with van der Waals surface area (Å²) in [6.07, 6.45) is 13.1. The van der Waals surface area contributed by atoms with Gasteiger partial charge in [-0.05, 0) is 27.2 Å². The predicted molar refractivity (Wildman–Crippen MR) is 144 cm³/mol. The Hall–Kier alpha value is 0.420. The van der Waals surface area contributed by atoms with Gasteiger partial charge in [0.05, 0.1) is 32.9 Å². The molecule has 0 spiro atoms. The summed E-state index contributed by atoms with van der Waals surface area (Å²) in [4.78, 5) is 12.4. The quantitative estimate of drug-likeness (QED) is 0.0691. The van der Waals surface area contributed by atoms with E-state index in [-0.39, 0.29) is 42.3 Å². The molecule has 0 aliphatic carbocycles. The van der Waals surface area contributed by atoms with Gasteiger partial charge in [-0.2, -0.15) is 0 Å². The number of carbonyl (C=O) groups excluding carboxylic acids is 1. The minimum atomic E-state index is -4.40. The Bertz CT molecular complexity index is 651. The van der Waals surface area contributed by atoms with Crippen LogP contribution in [0, 0.1) is 0 Å². The average molecular weight is 561 g/mol. The van der Waals surface area contributed by atoms with E-state index in [4.69, 9.17) is 14.2 Å². The van der Waals surface area contributed by atoms with Crippen molar-refractivity contribution in [3.05, 3.63) is 0 Å². The van der Waals surface area contributed by atoms with Gasteiger partial charge in [0, 0.05) is 25.9 Å². The standard InChI is InChI=1S/C27H55NO7S.Na/c1-6-8-9-10-11-12-13-14-15-17-27(29)18-16-19-28(5,22-25(3)34-7-2)20-21-33-23-26(4)35-24-36(30,31)32;/h25-26H,6-24H2,1-5H3;/q;+1. The zero-order valence-corrected chi connectivity index (χ0v) is 27.6. The van der Waals surface area contributed by atoms with Crippen molar-refractivity contribution in [2.75, 3.05) is 52.4 Å². The van der Waals surface area contributed by atoms with E-state index in [0.29, 0.717) is 31.8 Å². The number of Topliss-reactive ketones (excluding diaryl/α,β-unsaturated/α-hetero) is 1. The number of ketones is 1. The Morgan fingerprint density at radius 3 is 1.97 bits per heavy atom. The molecule has 0 aromatic heterocycles. The van der Waals surface area contributed by atoms with E-state index in [1.54, 1.807) is 6.92 Å². The van der Waals surface area contributed by atoms with Crippen LogP contribution >= 0.6 is 0 Å². The van der Waals surface area contributed by atoms with Gasteiger partial charge in [0.15, 0.2) is 0 Å². The van der Waals surface area contributed by atoms with E-state index >= 15 is 0 Å². The smallest absolute Gasteiger partial charge is 0.746 e. The van der Waals surface area contributed by atoms with Crippen LogP contribution in [0.25, 0.3) is 0 Å². The van der Waals surface area contributed by atoms with E-state index in [2.05, 4.69) is 20.9 Å². The number of rotatable bonds is 26. The van der Waals surface area contributed by atoms with Crippen LogP contribution in [0.15, 0.2) is 0 Å². The van der Waals surface area contributed by atoms with Gasteiger partial charge in [-0.15, -0.1) is 0 Å². The van der Waals surface area contributed by atoms with E-state index in [1.807, 2.05) is 6.92 Å². The van der Waals surface area contributed by atoms with Gasteiger partial charge in [0.1, 0.15) is 41.0 Å². The zero-order chi connectivity index (χ0) is 27.3. The van der Waals surface area contributed by atoms with Crippen molar-refractivity contribution in [3.8, 4) is 0 Å². The molecule has 0 aromatic rings. The van der Waals surface area contributed by atoms with Crippen LogP contribution in [0.1, 0.15) is 105 Å². The Balaban J connectivity index is 0. The molecule has 3 atom stereocenters.